The van der Waals surface area contributed by atoms with Crippen LogP contribution in [0.2, 0.25) is 0 Å². The average Bonchev–Trinajstić information content (AvgIpc) is 3.64. The largest absolute Gasteiger partial charge is 0.286 e. The van der Waals surface area contributed by atoms with Gasteiger partial charge in [0.1, 0.15) is 12.8 Å². The van der Waals surface area contributed by atoms with Crippen molar-refractivity contribution in [3.63, 3.8) is 0 Å². The molecule has 6 aromatic rings. The normalized spacial score (nSPS) is 18.5. The van der Waals surface area contributed by atoms with Crippen LogP contribution in [0.15, 0.2) is 127 Å². The van der Waals surface area contributed by atoms with Crippen LogP contribution in [0.25, 0.3) is 33.4 Å². The van der Waals surface area contributed by atoms with E-state index in [-0.39, 0.29) is 22.4 Å². The lowest BCUT2D eigenvalue weighted by Gasteiger charge is -2.44. The van der Waals surface area contributed by atoms with Gasteiger partial charge >= 0.3 is 0 Å². The van der Waals surface area contributed by atoms with E-state index in [1.54, 1.807) is 0 Å². The van der Waals surface area contributed by atoms with Crippen LogP contribution in [0, 0.1) is 0 Å². The summed E-state index contributed by atoms with van der Waals surface area (Å²) >= 11 is 0. The van der Waals surface area contributed by atoms with Gasteiger partial charge in [-0.25, -0.2) is 10.9 Å². The Labute approximate surface area is 301 Å². The average molecular weight is 665 g/mol. The number of benzene rings is 6. The summed E-state index contributed by atoms with van der Waals surface area (Å²) in [5.41, 5.74) is 27.5. The van der Waals surface area contributed by atoms with Crippen LogP contribution < -0.4 is 20.9 Å². The number of hydrazine groups is 2. The van der Waals surface area contributed by atoms with Gasteiger partial charge < -0.3 is 0 Å². The second-order valence-electron chi connectivity index (χ2n) is 16.5. The molecule has 6 aromatic carbocycles. The number of anilines is 2. The third-order valence-electron chi connectivity index (χ3n) is 12.6. The molecule has 1 heterocycles. The summed E-state index contributed by atoms with van der Waals surface area (Å²) in [5, 5.41) is 4.67. The summed E-state index contributed by atoms with van der Waals surface area (Å²) < 4.78 is 0. The molecule has 0 atom stereocenters. The predicted molar refractivity (Wildman–Crippen MR) is 211 cm³/mol. The second-order valence-corrected chi connectivity index (χ2v) is 16.5. The van der Waals surface area contributed by atoms with E-state index in [2.05, 4.69) is 190 Å². The lowest BCUT2D eigenvalue weighted by molar-refractivity contribution is 0.348. The van der Waals surface area contributed by atoms with Gasteiger partial charge in [-0.05, 0) is 96.6 Å². The summed E-state index contributed by atoms with van der Waals surface area (Å²) in [6.45, 7) is 14.8. The van der Waals surface area contributed by atoms with Crippen molar-refractivity contribution in [2.45, 2.75) is 64.0 Å². The standard InChI is InChI=1S/C47H44N4/c1-45(2)38-16-10-7-13-32(38)35-22-19-29(25-41(35)45)44-48-50(30-20-23-36-33-14-8-11-17-39(33)46(3,4)42(36)26-30)28-51(49-44)31-21-24-37-34-15-9-12-18-40(34)47(5,6)43(37)27-31/h7-27,44,48-49H,28H2,1-6H3. The van der Waals surface area contributed by atoms with Crippen molar-refractivity contribution in [1.82, 2.24) is 10.9 Å². The fraction of sp³-hybridized carbons (Fsp3) is 0.234. The fourth-order valence-electron chi connectivity index (χ4n) is 9.65. The van der Waals surface area contributed by atoms with E-state index in [9.17, 15) is 0 Å². The van der Waals surface area contributed by atoms with Crippen LogP contribution in [-0.2, 0) is 16.2 Å². The summed E-state index contributed by atoms with van der Waals surface area (Å²) in [4.78, 5) is 0. The molecule has 252 valence electrons. The molecular weight excluding hydrogens is 621 g/mol. The highest BCUT2D eigenvalue weighted by Crippen LogP contribution is 2.52. The van der Waals surface area contributed by atoms with Crippen molar-refractivity contribution >= 4 is 11.4 Å². The molecule has 0 amide bonds. The zero-order chi connectivity index (χ0) is 34.9. The van der Waals surface area contributed by atoms with E-state index >= 15 is 0 Å². The monoisotopic (exact) mass is 664 g/mol. The SMILES string of the molecule is CC1(C)c2ccccc2-c2ccc(C3NN(c4ccc5c(c4)C(C)(C)c4ccccc4-5)CN(c4ccc5c(c4)C(C)(C)c4ccccc4-5)N3)cc21. The van der Waals surface area contributed by atoms with Gasteiger partial charge in [0.2, 0.25) is 0 Å². The van der Waals surface area contributed by atoms with E-state index in [1.807, 2.05) is 0 Å². The maximum absolute atomic E-state index is 3.93. The van der Waals surface area contributed by atoms with E-state index in [1.165, 1.54) is 72.3 Å². The van der Waals surface area contributed by atoms with E-state index < -0.39 is 0 Å². The third kappa shape index (κ3) is 4.27. The van der Waals surface area contributed by atoms with Crippen LogP contribution in [0.3, 0.4) is 0 Å². The number of rotatable bonds is 3. The van der Waals surface area contributed by atoms with E-state index in [0.717, 1.165) is 11.4 Å². The number of fused-ring (bicyclic) bond motifs is 9. The van der Waals surface area contributed by atoms with Crippen molar-refractivity contribution < 1.29 is 0 Å². The number of nitrogens with zero attached hydrogens (tertiary/aromatic N) is 2. The minimum Gasteiger partial charge on any atom is -0.286 e. The zero-order valence-corrected chi connectivity index (χ0v) is 30.3. The molecule has 4 nitrogen and oxygen atoms in total. The van der Waals surface area contributed by atoms with Crippen molar-refractivity contribution in [3.8, 4) is 33.4 Å². The molecule has 0 radical (unpaired) electrons. The van der Waals surface area contributed by atoms with Gasteiger partial charge in [0.05, 0.1) is 11.4 Å². The molecule has 0 unspecified atom stereocenters. The first kappa shape index (κ1) is 30.6. The second kappa shape index (κ2) is 10.4. The Hall–Kier alpha value is -5.16. The number of hydrogen-bond donors (Lipinski definition) is 2. The van der Waals surface area contributed by atoms with Gasteiger partial charge in [-0.3, -0.25) is 10.0 Å². The topological polar surface area (TPSA) is 30.5 Å². The lowest BCUT2D eigenvalue weighted by Crippen LogP contribution is -2.62. The molecule has 0 bridgehead atoms. The van der Waals surface area contributed by atoms with Crippen molar-refractivity contribution in [3.05, 3.63) is 166 Å². The first-order valence-corrected chi connectivity index (χ1v) is 18.3. The number of nitrogens with one attached hydrogen (secondary N) is 2. The number of hydrogen-bond acceptors (Lipinski definition) is 4. The van der Waals surface area contributed by atoms with Crippen molar-refractivity contribution in [2.75, 3.05) is 16.7 Å². The molecule has 0 aromatic heterocycles. The smallest absolute Gasteiger partial charge is 0.120 e. The molecule has 4 heteroatoms. The molecule has 2 N–H and O–H groups in total. The molecule has 51 heavy (non-hydrogen) atoms. The van der Waals surface area contributed by atoms with Crippen LogP contribution in [0.5, 0.6) is 0 Å². The van der Waals surface area contributed by atoms with Gasteiger partial charge in [0, 0.05) is 16.2 Å². The van der Waals surface area contributed by atoms with Gasteiger partial charge in [0.25, 0.3) is 0 Å². The predicted octanol–water partition coefficient (Wildman–Crippen LogP) is 10.6. The Kier molecular flexibility index (Phi) is 6.28. The minimum atomic E-state index is -0.152. The Balaban J connectivity index is 1.07. The Morgan fingerprint density at radius 3 is 1.20 bits per heavy atom. The maximum Gasteiger partial charge on any atom is 0.120 e. The van der Waals surface area contributed by atoms with E-state index in [4.69, 9.17) is 0 Å². The molecule has 1 aliphatic heterocycles. The molecule has 4 aliphatic rings. The molecular formula is C47H44N4. The van der Waals surface area contributed by atoms with Crippen LogP contribution in [0.1, 0.15) is 86.7 Å². The molecule has 3 aliphatic carbocycles. The zero-order valence-electron chi connectivity index (χ0n) is 30.3. The van der Waals surface area contributed by atoms with Gasteiger partial charge in [0.15, 0.2) is 0 Å². The lowest BCUT2D eigenvalue weighted by atomic mass is 9.82. The summed E-state index contributed by atoms with van der Waals surface area (Å²) in [7, 11) is 0. The van der Waals surface area contributed by atoms with Crippen LogP contribution in [-0.4, -0.2) is 6.67 Å². The quantitative estimate of drug-likeness (QED) is 0.197. The first-order chi connectivity index (χ1) is 24.5. The third-order valence-corrected chi connectivity index (χ3v) is 12.6. The Morgan fingerprint density at radius 2 is 0.765 bits per heavy atom. The van der Waals surface area contributed by atoms with Gasteiger partial charge in [-0.1, -0.05) is 145 Å². The van der Waals surface area contributed by atoms with Gasteiger partial charge in [-0.15, -0.1) is 0 Å². The van der Waals surface area contributed by atoms with Gasteiger partial charge in [-0.2, -0.15) is 0 Å². The highest BCUT2D eigenvalue weighted by atomic mass is 15.7. The Morgan fingerprint density at radius 1 is 0.412 bits per heavy atom. The summed E-state index contributed by atoms with van der Waals surface area (Å²) in [6.07, 6.45) is -0.152. The van der Waals surface area contributed by atoms with Crippen molar-refractivity contribution in [2.24, 2.45) is 0 Å². The molecule has 0 saturated carbocycles. The molecule has 1 saturated heterocycles. The van der Waals surface area contributed by atoms with E-state index in [0.29, 0.717) is 6.67 Å². The highest BCUT2D eigenvalue weighted by Gasteiger charge is 2.39. The fourth-order valence-corrected chi connectivity index (χ4v) is 9.65. The Bertz CT molecular complexity index is 2140. The van der Waals surface area contributed by atoms with Crippen LogP contribution in [0.4, 0.5) is 11.4 Å². The minimum absolute atomic E-state index is 0.0723. The van der Waals surface area contributed by atoms with Crippen molar-refractivity contribution in [1.29, 1.82) is 0 Å². The highest BCUT2D eigenvalue weighted by molar-refractivity contribution is 5.84. The van der Waals surface area contributed by atoms with Crippen LogP contribution >= 0.6 is 0 Å². The molecule has 0 spiro atoms. The molecule has 10 rings (SSSR count). The molecule has 1 fully saturated rings. The summed E-state index contributed by atoms with van der Waals surface area (Å²) in [6, 6.07) is 47.7. The maximum atomic E-state index is 3.93. The summed E-state index contributed by atoms with van der Waals surface area (Å²) in [5.74, 6) is 0. The first-order valence-electron chi connectivity index (χ1n) is 18.3.